The number of likely N-dealkylation sites (N-methyl/N-ethyl adjacent to an activating group) is 1. The summed E-state index contributed by atoms with van der Waals surface area (Å²) in [4.78, 5) is 40.6. The van der Waals surface area contributed by atoms with Crippen molar-refractivity contribution in [3.05, 3.63) is 58.1 Å². The van der Waals surface area contributed by atoms with E-state index in [2.05, 4.69) is 15.3 Å². The molecule has 0 radical (unpaired) electrons. The highest BCUT2D eigenvalue weighted by Gasteiger charge is 2.48. The molecular formula is C20H16Cl2N6O2S. The third-order valence-electron chi connectivity index (χ3n) is 5.21. The highest BCUT2D eigenvalue weighted by atomic mass is 35.5. The summed E-state index contributed by atoms with van der Waals surface area (Å²) in [5.41, 5.74) is 2.44. The first kappa shape index (κ1) is 20.2. The van der Waals surface area contributed by atoms with Gasteiger partial charge in [-0.2, -0.15) is 0 Å². The number of amidine groups is 1. The van der Waals surface area contributed by atoms with E-state index in [0.717, 1.165) is 11.1 Å². The number of hydrogen-bond acceptors (Lipinski definition) is 6. The Hall–Kier alpha value is -2.75. The van der Waals surface area contributed by atoms with Gasteiger partial charge in [0.1, 0.15) is 0 Å². The first-order chi connectivity index (χ1) is 14.9. The largest absolute Gasteiger partial charge is 0.332 e. The number of amides is 3. The number of H-pyrrole nitrogens is 1. The predicted molar refractivity (Wildman–Crippen MR) is 120 cm³/mol. The molecule has 8 nitrogen and oxygen atoms in total. The molecule has 2 unspecified atom stereocenters. The topological polar surface area (TPSA) is 93.7 Å². The van der Waals surface area contributed by atoms with Gasteiger partial charge in [-0.3, -0.25) is 10.1 Å². The molecule has 31 heavy (non-hydrogen) atoms. The number of nitrogens with zero attached hydrogens (tertiary/aromatic N) is 4. The van der Waals surface area contributed by atoms with Crippen molar-refractivity contribution < 1.29 is 9.59 Å². The molecule has 1 saturated heterocycles. The van der Waals surface area contributed by atoms with Crippen LogP contribution in [0, 0.1) is 0 Å². The second-order valence-corrected chi connectivity index (χ2v) is 8.99. The fraction of sp³-hybridized carbons (Fsp3) is 0.200. The number of benzene rings is 2. The SMILES string of the molecule is CN1C(=O)NC(=O)C2C1N=C(Sc1nc3cc(Cl)c(Cl)cc3[nH]1)N2Cc1ccccc1. The highest BCUT2D eigenvalue weighted by molar-refractivity contribution is 8.13. The van der Waals surface area contributed by atoms with Crippen molar-refractivity contribution in [2.45, 2.75) is 23.9 Å². The monoisotopic (exact) mass is 474 g/mol. The Morgan fingerprint density at radius 1 is 1.13 bits per heavy atom. The van der Waals surface area contributed by atoms with Crippen molar-refractivity contribution in [1.82, 2.24) is 25.1 Å². The zero-order chi connectivity index (χ0) is 21.7. The molecule has 3 heterocycles. The van der Waals surface area contributed by atoms with Gasteiger partial charge in [-0.05, 0) is 29.5 Å². The number of imidazole rings is 1. The fourth-order valence-electron chi connectivity index (χ4n) is 3.65. The van der Waals surface area contributed by atoms with Crippen molar-refractivity contribution in [2.24, 2.45) is 4.99 Å². The van der Waals surface area contributed by atoms with E-state index in [-0.39, 0.29) is 5.91 Å². The molecule has 3 aromatic rings. The van der Waals surface area contributed by atoms with Gasteiger partial charge in [0.25, 0.3) is 5.91 Å². The van der Waals surface area contributed by atoms with Gasteiger partial charge < -0.3 is 14.8 Å². The van der Waals surface area contributed by atoms with Crippen molar-refractivity contribution in [1.29, 1.82) is 0 Å². The summed E-state index contributed by atoms with van der Waals surface area (Å²) < 4.78 is 0. The standard InChI is InChI=1S/C20H16Cl2N6O2S/c1-27-16-15(17(29)26-19(27)30)28(9-10-5-3-2-4-6-10)20(25-16)31-18-23-13-7-11(21)12(22)8-14(13)24-18/h2-8,15-16H,9H2,1H3,(H,23,24)(H,26,29,30). The smallest absolute Gasteiger partial charge is 0.325 e. The van der Waals surface area contributed by atoms with E-state index in [9.17, 15) is 9.59 Å². The molecule has 0 spiro atoms. The van der Waals surface area contributed by atoms with E-state index in [1.165, 1.54) is 16.7 Å². The van der Waals surface area contributed by atoms with Crippen LogP contribution in [0.2, 0.25) is 10.0 Å². The van der Waals surface area contributed by atoms with Crippen LogP contribution < -0.4 is 5.32 Å². The molecular weight excluding hydrogens is 459 g/mol. The van der Waals surface area contributed by atoms with Crippen molar-refractivity contribution in [3.63, 3.8) is 0 Å². The van der Waals surface area contributed by atoms with Crippen molar-refractivity contribution in [3.8, 4) is 0 Å². The van der Waals surface area contributed by atoms with Gasteiger partial charge in [0.2, 0.25) is 0 Å². The van der Waals surface area contributed by atoms with Crippen LogP contribution in [0.25, 0.3) is 11.0 Å². The molecule has 2 aliphatic rings. The van der Waals surface area contributed by atoms with Gasteiger partial charge in [-0.1, -0.05) is 53.5 Å². The van der Waals surface area contributed by atoms with E-state index in [1.807, 2.05) is 35.2 Å². The minimum Gasteiger partial charge on any atom is -0.332 e. The molecule has 2 aliphatic heterocycles. The minimum absolute atomic E-state index is 0.369. The molecule has 2 atom stereocenters. The first-order valence-corrected chi connectivity index (χ1v) is 11.0. The third-order valence-corrected chi connectivity index (χ3v) is 6.84. The number of hydrogen-bond donors (Lipinski definition) is 2. The van der Waals surface area contributed by atoms with Crippen LogP contribution in [-0.2, 0) is 11.3 Å². The molecule has 5 rings (SSSR count). The van der Waals surface area contributed by atoms with Gasteiger partial charge in [0, 0.05) is 13.6 Å². The number of halogens is 2. The number of nitrogens with one attached hydrogen (secondary N) is 2. The number of carbonyl (C=O) groups excluding carboxylic acids is 2. The molecule has 2 aromatic carbocycles. The second kappa shape index (κ2) is 7.74. The zero-order valence-electron chi connectivity index (χ0n) is 16.2. The summed E-state index contributed by atoms with van der Waals surface area (Å²) in [5.74, 6) is -0.369. The number of aliphatic imine (C=N–C) groups is 1. The Morgan fingerprint density at radius 2 is 1.87 bits per heavy atom. The quantitative estimate of drug-likeness (QED) is 0.603. The van der Waals surface area contributed by atoms with Gasteiger partial charge in [0.15, 0.2) is 22.5 Å². The van der Waals surface area contributed by atoms with E-state index in [4.69, 9.17) is 28.2 Å². The number of fused-ring (bicyclic) bond motifs is 2. The average Bonchev–Trinajstić information content (AvgIpc) is 3.29. The Bertz CT molecular complexity index is 1190. The summed E-state index contributed by atoms with van der Waals surface area (Å²) in [6.07, 6.45) is -0.610. The lowest BCUT2D eigenvalue weighted by Gasteiger charge is -2.36. The molecule has 1 fully saturated rings. The minimum atomic E-state index is -0.626. The van der Waals surface area contributed by atoms with E-state index >= 15 is 0 Å². The molecule has 3 amide bonds. The predicted octanol–water partition coefficient (Wildman–Crippen LogP) is 3.71. The van der Waals surface area contributed by atoms with Crippen LogP contribution in [0.1, 0.15) is 5.56 Å². The lowest BCUT2D eigenvalue weighted by molar-refractivity contribution is -0.127. The number of urea groups is 1. The summed E-state index contributed by atoms with van der Waals surface area (Å²) in [6.45, 7) is 0.459. The summed E-state index contributed by atoms with van der Waals surface area (Å²) in [5, 5.41) is 4.43. The average molecular weight is 475 g/mol. The van der Waals surface area contributed by atoms with Gasteiger partial charge >= 0.3 is 6.03 Å². The summed E-state index contributed by atoms with van der Waals surface area (Å²) in [6, 6.07) is 12.1. The Balaban J connectivity index is 1.51. The van der Waals surface area contributed by atoms with Crippen LogP contribution in [0.3, 0.4) is 0 Å². The second-order valence-electron chi connectivity index (χ2n) is 7.22. The summed E-state index contributed by atoms with van der Waals surface area (Å²) in [7, 11) is 1.63. The fourth-order valence-corrected chi connectivity index (χ4v) is 4.90. The molecule has 11 heteroatoms. The molecule has 0 aliphatic carbocycles. The Labute approximate surface area is 191 Å². The lowest BCUT2D eigenvalue weighted by atomic mass is 10.1. The maximum atomic E-state index is 12.7. The number of aromatic amines is 1. The van der Waals surface area contributed by atoms with E-state index < -0.39 is 18.2 Å². The molecule has 1 aromatic heterocycles. The number of imide groups is 1. The van der Waals surface area contributed by atoms with Crippen molar-refractivity contribution >= 4 is 63.1 Å². The van der Waals surface area contributed by atoms with Crippen LogP contribution in [0.15, 0.2) is 52.6 Å². The maximum Gasteiger partial charge on any atom is 0.325 e. The first-order valence-electron chi connectivity index (χ1n) is 9.39. The molecule has 0 bridgehead atoms. The lowest BCUT2D eigenvalue weighted by Crippen LogP contribution is -2.63. The Morgan fingerprint density at radius 3 is 2.65 bits per heavy atom. The summed E-state index contributed by atoms with van der Waals surface area (Å²) >= 11 is 13.5. The third kappa shape index (κ3) is 3.62. The van der Waals surface area contributed by atoms with Crippen LogP contribution in [0.5, 0.6) is 0 Å². The molecule has 158 valence electrons. The van der Waals surface area contributed by atoms with Gasteiger partial charge in [0.05, 0.1) is 21.1 Å². The number of aromatic nitrogens is 2. The number of rotatable bonds is 3. The van der Waals surface area contributed by atoms with Gasteiger partial charge in [-0.15, -0.1) is 0 Å². The maximum absolute atomic E-state index is 12.7. The van der Waals surface area contributed by atoms with E-state index in [1.54, 1.807) is 19.2 Å². The highest BCUT2D eigenvalue weighted by Crippen LogP contribution is 2.34. The van der Waals surface area contributed by atoms with Crippen LogP contribution in [-0.4, -0.2) is 56.1 Å². The molecule has 0 saturated carbocycles. The number of carbonyl (C=O) groups is 2. The Kier molecular flexibility index (Phi) is 5.04. The van der Waals surface area contributed by atoms with Crippen LogP contribution >= 0.6 is 35.0 Å². The van der Waals surface area contributed by atoms with E-state index in [0.29, 0.717) is 32.4 Å². The zero-order valence-corrected chi connectivity index (χ0v) is 18.5. The molecule has 2 N–H and O–H groups in total. The van der Waals surface area contributed by atoms with Crippen molar-refractivity contribution in [2.75, 3.05) is 7.05 Å². The number of thioether (sulfide) groups is 1. The normalized spacial score (nSPS) is 20.8. The van der Waals surface area contributed by atoms with Crippen LogP contribution in [0.4, 0.5) is 4.79 Å². The van der Waals surface area contributed by atoms with Gasteiger partial charge in [-0.25, -0.2) is 14.8 Å².